The van der Waals surface area contributed by atoms with Crippen molar-refractivity contribution in [3.63, 3.8) is 0 Å². The van der Waals surface area contributed by atoms with Crippen LogP contribution in [0, 0.1) is 23.0 Å². The minimum Gasteiger partial charge on any atom is -0.486 e. The third-order valence-corrected chi connectivity index (χ3v) is 7.88. The van der Waals surface area contributed by atoms with Gasteiger partial charge in [-0.1, -0.05) is 6.07 Å². The van der Waals surface area contributed by atoms with Gasteiger partial charge in [-0.2, -0.15) is 5.26 Å². The van der Waals surface area contributed by atoms with Gasteiger partial charge in [-0.15, -0.1) is 0 Å². The first-order valence-electron chi connectivity index (χ1n) is 13.5. The number of hydrogen-bond donors (Lipinski definition) is 1. The number of halogens is 2. The molecule has 4 aromatic rings. The fraction of sp³-hybridized carbons (Fsp3) is 0.323. The molecule has 2 saturated heterocycles. The van der Waals surface area contributed by atoms with E-state index in [-0.39, 0.29) is 35.5 Å². The molecule has 1 N–H and O–H groups in total. The zero-order valence-electron chi connectivity index (χ0n) is 22.2. The Hall–Kier alpha value is -4.33. The van der Waals surface area contributed by atoms with Crippen molar-refractivity contribution >= 4 is 17.0 Å². The number of carboxylic acids is 1. The Kier molecular flexibility index (Phi) is 7.39. The maximum atomic E-state index is 14.6. The molecule has 0 aliphatic carbocycles. The first-order chi connectivity index (χ1) is 19.9. The van der Waals surface area contributed by atoms with E-state index in [1.807, 2.05) is 6.07 Å². The van der Waals surface area contributed by atoms with Crippen molar-refractivity contribution in [3.05, 3.63) is 94.3 Å². The molecule has 1 aromatic heterocycles. The van der Waals surface area contributed by atoms with Gasteiger partial charge in [-0.3, -0.25) is 4.90 Å². The summed E-state index contributed by atoms with van der Waals surface area (Å²) in [7, 11) is 0. The summed E-state index contributed by atoms with van der Waals surface area (Å²) in [6.45, 7) is 3.38. The number of aromatic carboxylic acids is 1. The van der Waals surface area contributed by atoms with Gasteiger partial charge >= 0.3 is 5.97 Å². The largest absolute Gasteiger partial charge is 0.486 e. The number of rotatable bonds is 9. The minimum absolute atomic E-state index is 0.0356. The summed E-state index contributed by atoms with van der Waals surface area (Å²) < 4.78 is 42.1. The average Bonchev–Trinajstić information content (AvgIpc) is 3.54. The summed E-state index contributed by atoms with van der Waals surface area (Å²) in [4.78, 5) is 18.7. The van der Waals surface area contributed by atoms with Gasteiger partial charge in [0.2, 0.25) is 0 Å². The van der Waals surface area contributed by atoms with Gasteiger partial charge in [0, 0.05) is 18.7 Å². The van der Waals surface area contributed by atoms with E-state index < -0.39 is 17.6 Å². The van der Waals surface area contributed by atoms with Crippen molar-refractivity contribution in [2.75, 3.05) is 19.7 Å². The molecule has 2 aliphatic heterocycles. The molecule has 6 rings (SSSR count). The number of hydrogen-bond acceptors (Lipinski definition) is 6. The van der Waals surface area contributed by atoms with Crippen LogP contribution in [-0.2, 0) is 24.4 Å². The number of fused-ring (bicyclic) bond motifs is 1. The highest BCUT2D eigenvalue weighted by Gasteiger charge is 2.28. The molecular formula is C31H28F2N4O4. The first-order valence-corrected chi connectivity index (χ1v) is 13.5. The molecular weight excluding hydrogens is 530 g/mol. The smallest absolute Gasteiger partial charge is 0.335 e. The van der Waals surface area contributed by atoms with Gasteiger partial charge in [0.1, 0.15) is 18.2 Å². The highest BCUT2D eigenvalue weighted by atomic mass is 19.1. The van der Waals surface area contributed by atoms with E-state index in [2.05, 4.69) is 9.47 Å². The lowest BCUT2D eigenvalue weighted by atomic mass is 9.96. The Morgan fingerprint density at radius 3 is 2.71 bits per heavy atom. The van der Waals surface area contributed by atoms with E-state index in [1.54, 1.807) is 30.3 Å². The molecule has 0 bridgehead atoms. The van der Waals surface area contributed by atoms with E-state index in [1.165, 1.54) is 18.2 Å². The summed E-state index contributed by atoms with van der Waals surface area (Å²) in [6, 6.07) is 15.8. The lowest BCUT2D eigenvalue weighted by Gasteiger charge is -2.28. The van der Waals surface area contributed by atoms with E-state index in [0.29, 0.717) is 18.7 Å². The van der Waals surface area contributed by atoms with Gasteiger partial charge in [0.25, 0.3) is 0 Å². The summed E-state index contributed by atoms with van der Waals surface area (Å²) in [5.74, 6) is -1.07. The van der Waals surface area contributed by atoms with Crippen LogP contribution >= 0.6 is 0 Å². The monoisotopic (exact) mass is 558 g/mol. The Labute approximate surface area is 235 Å². The molecule has 41 heavy (non-hydrogen) atoms. The molecule has 8 nitrogen and oxygen atoms in total. The fourth-order valence-corrected chi connectivity index (χ4v) is 5.51. The van der Waals surface area contributed by atoms with Crippen molar-refractivity contribution in [2.24, 2.45) is 0 Å². The molecule has 2 aliphatic rings. The number of imidazole rings is 1. The second-order valence-electron chi connectivity index (χ2n) is 10.5. The first kappa shape index (κ1) is 26.9. The third-order valence-electron chi connectivity index (χ3n) is 7.88. The zero-order valence-corrected chi connectivity index (χ0v) is 22.2. The van der Waals surface area contributed by atoms with Crippen molar-refractivity contribution in [1.29, 1.82) is 5.26 Å². The topological polar surface area (TPSA) is 101 Å². The average molecular weight is 559 g/mol. The Bertz CT molecular complexity index is 1660. The van der Waals surface area contributed by atoms with Crippen LogP contribution in [0.5, 0.6) is 5.75 Å². The van der Waals surface area contributed by atoms with Gasteiger partial charge in [-0.05, 0) is 79.4 Å². The Morgan fingerprint density at radius 2 is 1.98 bits per heavy atom. The molecule has 0 radical (unpaired) electrons. The highest BCUT2D eigenvalue weighted by molar-refractivity contribution is 5.92. The SMILES string of the molecule is N#Cc1ccc(OCc2cc([C@H]3CCN(Cc4nc5ccc(C(=O)O)cc5n4C[C@@H]4CCO4)C3)ccc2F)c(F)c1. The molecule has 0 unspecified atom stereocenters. The van der Waals surface area contributed by atoms with E-state index in [0.717, 1.165) is 61.0 Å². The Morgan fingerprint density at radius 1 is 1.12 bits per heavy atom. The maximum Gasteiger partial charge on any atom is 0.335 e. The molecule has 10 heteroatoms. The van der Waals surface area contributed by atoms with Crippen LogP contribution in [0.4, 0.5) is 8.78 Å². The summed E-state index contributed by atoms with van der Waals surface area (Å²) >= 11 is 0. The van der Waals surface area contributed by atoms with Crippen molar-refractivity contribution in [2.45, 2.75) is 44.6 Å². The van der Waals surface area contributed by atoms with E-state index in [9.17, 15) is 18.7 Å². The van der Waals surface area contributed by atoms with Gasteiger partial charge in [0.15, 0.2) is 11.6 Å². The number of nitriles is 1. The van der Waals surface area contributed by atoms with Crippen LogP contribution in [0.25, 0.3) is 11.0 Å². The summed E-state index contributed by atoms with van der Waals surface area (Å²) in [5.41, 5.74) is 3.26. The lowest BCUT2D eigenvalue weighted by molar-refractivity contribution is -0.0591. The predicted octanol–water partition coefficient (Wildman–Crippen LogP) is 5.24. The van der Waals surface area contributed by atoms with Crippen LogP contribution in [-0.4, -0.2) is 51.3 Å². The molecule has 0 amide bonds. The fourth-order valence-electron chi connectivity index (χ4n) is 5.51. The predicted molar refractivity (Wildman–Crippen MR) is 146 cm³/mol. The number of likely N-dealkylation sites (tertiary alicyclic amines) is 1. The van der Waals surface area contributed by atoms with Gasteiger partial charge < -0.3 is 19.1 Å². The van der Waals surface area contributed by atoms with Crippen molar-refractivity contribution in [3.8, 4) is 11.8 Å². The molecule has 2 fully saturated rings. The number of nitrogens with zero attached hydrogens (tertiary/aromatic N) is 4. The quantitative estimate of drug-likeness (QED) is 0.300. The van der Waals surface area contributed by atoms with Crippen molar-refractivity contribution < 1.29 is 28.2 Å². The van der Waals surface area contributed by atoms with Crippen molar-refractivity contribution in [1.82, 2.24) is 14.5 Å². The van der Waals surface area contributed by atoms with Crippen LogP contribution in [0.15, 0.2) is 54.6 Å². The minimum atomic E-state index is -0.977. The molecule has 0 saturated carbocycles. The van der Waals surface area contributed by atoms with E-state index >= 15 is 0 Å². The molecule has 2 atom stereocenters. The number of carboxylic acid groups (broad SMARTS) is 1. The number of carbonyl (C=O) groups is 1. The summed E-state index contributed by atoms with van der Waals surface area (Å²) in [5, 5.41) is 18.4. The standard InChI is InChI=1S/C31H28F2N4O4/c32-25-4-2-20(12-23(25)18-41-29-6-1-19(14-34)11-26(29)33)22-7-9-36(15-22)17-30-35-27-5-3-21(31(38)39)13-28(27)37(30)16-24-8-10-40-24/h1-6,11-13,22,24H,7-10,15-18H2,(H,38,39)/t22-,24-/m0/s1. The van der Waals surface area contributed by atoms with E-state index in [4.69, 9.17) is 19.7 Å². The van der Waals surface area contributed by atoms with Crippen LogP contribution in [0.1, 0.15) is 51.6 Å². The molecule has 210 valence electrons. The third kappa shape index (κ3) is 5.64. The number of aromatic nitrogens is 2. The number of benzene rings is 3. The van der Waals surface area contributed by atoms with Crippen LogP contribution < -0.4 is 4.74 Å². The van der Waals surface area contributed by atoms with Gasteiger partial charge in [0.05, 0.1) is 47.4 Å². The Balaban J connectivity index is 1.16. The van der Waals surface area contributed by atoms with Crippen LogP contribution in [0.3, 0.4) is 0 Å². The normalized spacial score (nSPS) is 18.8. The maximum absolute atomic E-state index is 14.6. The lowest BCUT2D eigenvalue weighted by Crippen LogP contribution is -2.32. The second kappa shape index (κ2) is 11.3. The molecule has 3 heterocycles. The second-order valence-corrected chi connectivity index (χ2v) is 10.5. The van der Waals surface area contributed by atoms with Crippen LogP contribution in [0.2, 0.25) is 0 Å². The summed E-state index contributed by atoms with van der Waals surface area (Å²) in [6.07, 6.45) is 1.92. The number of ether oxygens (including phenoxy) is 2. The molecule has 3 aromatic carbocycles. The molecule has 0 spiro atoms. The highest BCUT2D eigenvalue weighted by Crippen LogP contribution is 2.31. The zero-order chi connectivity index (χ0) is 28.5. The van der Waals surface area contributed by atoms with Gasteiger partial charge in [-0.25, -0.2) is 18.6 Å².